The van der Waals surface area contributed by atoms with Gasteiger partial charge in [0.25, 0.3) is 0 Å². The monoisotopic (exact) mass is 157 g/mol. The zero-order valence-electron chi connectivity index (χ0n) is 6.96. The van der Waals surface area contributed by atoms with Crippen LogP contribution in [0.2, 0.25) is 0 Å². The van der Waals surface area contributed by atoms with Crippen molar-refractivity contribution in [2.24, 2.45) is 5.92 Å². The highest BCUT2D eigenvalue weighted by Crippen LogP contribution is 2.24. The number of hydrogen-bond donors (Lipinski definition) is 0. The molecule has 12 heavy (non-hydrogen) atoms. The van der Waals surface area contributed by atoms with E-state index in [1.807, 2.05) is 0 Å². The Morgan fingerprint density at radius 3 is 2.75 bits per heavy atom. The Morgan fingerprint density at radius 2 is 2.00 bits per heavy atom. The smallest absolute Gasteiger partial charge is 0.0659 e. The molecule has 1 aromatic rings. The van der Waals surface area contributed by atoms with Gasteiger partial charge >= 0.3 is 0 Å². The molecule has 0 bridgehead atoms. The summed E-state index contributed by atoms with van der Waals surface area (Å²) < 4.78 is 0. The molecular formula is C11H11N. The highest BCUT2D eigenvalue weighted by atomic mass is 14.3. The number of rotatable bonds is 0. The molecule has 1 unspecified atom stereocenters. The van der Waals surface area contributed by atoms with Crippen LogP contribution in [0, 0.1) is 17.2 Å². The molecule has 0 saturated heterocycles. The Labute approximate surface area is 72.6 Å². The van der Waals surface area contributed by atoms with Gasteiger partial charge in [-0.3, -0.25) is 0 Å². The van der Waals surface area contributed by atoms with Gasteiger partial charge in [-0.15, -0.1) is 0 Å². The molecule has 60 valence electrons. The van der Waals surface area contributed by atoms with E-state index in [1.165, 1.54) is 11.1 Å². The Balaban J connectivity index is 2.30. The Bertz CT molecular complexity index is 322. The van der Waals surface area contributed by atoms with Crippen LogP contribution in [0.5, 0.6) is 0 Å². The van der Waals surface area contributed by atoms with E-state index in [9.17, 15) is 0 Å². The largest absolute Gasteiger partial charge is 0.198 e. The van der Waals surface area contributed by atoms with Gasteiger partial charge in [0.05, 0.1) is 12.0 Å². The number of nitriles is 1. The summed E-state index contributed by atoms with van der Waals surface area (Å²) in [5, 5.41) is 8.77. The lowest BCUT2D eigenvalue weighted by Crippen LogP contribution is -2.11. The van der Waals surface area contributed by atoms with Crippen molar-refractivity contribution >= 4 is 0 Å². The SMILES string of the molecule is N#CC1CCc2ccccc2C1. The van der Waals surface area contributed by atoms with Crippen LogP contribution in [-0.4, -0.2) is 0 Å². The summed E-state index contributed by atoms with van der Waals surface area (Å²) in [6.45, 7) is 0. The minimum Gasteiger partial charge on any atom is -0.198 e. The van der Waals surface area contributed by atoms with Gasteiger partial charge in [0.2, 0.25) is 0 Å². The summed E-state index contributed by atoms with van der Waals surface area (Å²) in [5.41, 5.74) is 2.80. The Hall–Kier alpha value is -1.29. The van der Waals surface area contributed by atoms with Gasteiger partial charge in [0.1, 0.15) is 0 Å². The molecule has 1 aliphatic carbocycles. The van der Waals surface area contributed by atoms with Crippen LogP contribution in [0.15, 0.2) is 24.3 Å². The van der Waals surface area contributed by atoms with Crippen LogP contribution >= 0.6 is 0 Å². The van der Waals surface area contributed by atoms with Gasteiger partial charge < -0.3 is 0 Å². The van der Waals surface area contributed by atoms with E-state index in [0.717, 1.165) is 19.3 Å². The standard InChI is InChI=1S/C11H11N/c12-8-9-5-6-10-3-1-2-4-11(10)7-9/h1-4,9H,5-7H2. The molecule has 0 fully saturated rings. The van der Waals surface area contributed by atoms with E-state index in [0.29, 0.717) is 0 Å². The third-order valence-corrected chi connectivity index (χ3v) is 2.53. The lowest BCUT2D eigenvalue weighted by atomic mass is 9.85. The van der Waals surface area contributed by atoms with Crippen LogP contribution in [-0.2, 0) is 12.8 Å². The molecule has 0 N–H and O–H groups in total. The van der Waals surface area contributed by atoms with Crippen LogP contribution < -0.4 is 0 Å². The second-order valence-electron chi connectivity index (χ2n) is 3.34. The van der Waals surface area contributed by atoms with Gasteiger partial charge in [0, 0.05) is 0 Å². The summed E-state index contributed by atoms with van der Waals surface area (Å²) in [5.74, 6) is 0.250. The maximum Gasteiger partial charge on any atom is 0.0659 e. The van der Waals surface area contributed by atoms with Gasteiger partial charge in [-0.2, -0.15) is 5.26 Å². The normalized spacial score (nSPS) is 21.1. The van der Waals surface area contributed by atoms with Crippen molar-refractivity contribution in [1.82, 2.24) is 0 Å². The fraction of sp³-hybridized carbons (Fsp3) is 0.364. The highest BCUT2D eigenvalue weighted by molar-refractivity contribution is 5.30. The van der Waals surface area contributed by atoms with Gasteiger partial charge in [-0.25, -0.2) is 0 Å². The average Bonchev–Trinajstić information content (AvgIpc) is 2.17. The topological polar surface area (TPSA) is 23.8 Å². The first kappa shape index (κ1) is 7.36. The van der Waals surface area contributed by atoms with Crippen molar-refractivity contribution in [3.8, 4) is 6.07 Å². The van der Waals surface area contributed by atoms with Gasteiger partial charge in [-0.1, -0.05) is 24.3 Å². The molecule has 2 rings (SSSR count). The first-order valence-electron chi connectivity index (χ1n) is 4.36. The maximum absolute atomic E-state index is 8.77. The minimum atomic E-state index is 0.250. The van der Waals surface area contributed by atoms with Crippen LogP contribution in [0.4, 0.5) is 0 Å². The molecule has 1 atom stereocenters. The third-order valence-electron chi connectivity index (χ3n) is 2.53. The van der Waals surface area contributed by atoms with E-state index in [1.54, 1.807) is 0 Å². The second-order valence-corrected chi connectivity index (χ2v) is 3.34. The van der Waals surface area contributed by atoms with Crippen molar-refractivity contribution in [2.75, 3.05) is 0 Å². The molecule has 1 heteroatoms. The summed E-state index contributed by atoms with van der Waals surface area (Å²) in [4.78, 5) is 0. The molecule has 0 heterocycles. The highest BCUT2D eigenvalue weighted by Gasteiger charge is 2.16. The van der Waals surface area contributed by atoms with E-state index >= 15 is 0 Å². The molecule has 0 amide bonds. The quantitative estimate of drug-likeness (QED) is 0.567. The van der Waals surface area contributed by atoms with E-state index in [2.05, 4.69) is 30.3 Å². The van der Waals surface area contributed by atoms with Crippen molar-refractivity contribution in [3.05, 3.63) is 35.4 Å². The van der Waals surface area contributed by atoms with Crippen molar-refractivity contribution in [1.29, 1.82) is 5.26 Å². The number of benzene rings is 1. The fourth-order valence-electron chi connectivity index (χ4n) is 1.81. The molecular weight excluding hydrogens is 146 g/mol. The molecule has 0 spiro atoms. The molecule has 1 aliphatic rings. The number of nitrogens with zero attached hydrogens (tertiary/aromatic N) is 1. The molecule has 1 nitrogen and oxygen atoms in total. The van der Waals surface area contributed by atoms with E-state index in [4.69, 9.17) is 5.26 Å². The summed E-state index contributed by atoms with van der Waals surface area (Å²) >= 11 is 0. The molecule has 0 saturated carbocycles. The van der Waals surface area contributed by atoms with Gasteiger partial charge in [-0.05, 0) is 30.4 Å². The lowest BCUT2D eigenvalue weighted by Gasteiger charge is -2.18. The minimum absolute atomic E-state index is 0.250. The Morgan fingerprint density at radius 1 is 1.25 bits per heavy atom. The third kappa shape index (κ3) is 1.21. The fourth-order valence-corrected chi connectivity index (χ4v) is 1.81. The maximum atomic E-state index is 8.77. The van der Waals surface area contributed by atoms with Crippen LogP contribution in [0.25, 0.3) is 0 Å². The molecule has 0 aliphatic heterocycles. The van der Waals surface area contributed by atoms with E-state index < -0.39 is 0 Å². The molecule has 0 aromatic heterocycles. The number of hydrogen-bond acceptors (Lipinski definition) is 1. The summed E-state index contributed by atoms with van der Waals surface area (Å²) in [6, 6.07) is 10.8. The predicted molar refractivity (Wildman–Crippen MR) is 47.6 cm³/mol. The van der Waals surface area contributed by atoms with Crippen molar-refractivity contribution < 1.29 is 0 Å². The zero-order valence-corrected chi connectivity index (χ0v) is 6.96. The van der Waals surface area contributed by atoms with E-state index in [-0.39, 0.29) is 5.92 Å². The second kappa shape index (κ2) is 2.98. The first-order valence-corrected chi connectivity index (χ1v) is 4.36. The van der Waals surface area contributed by atoms with Crippen LogP contribution in [0.1, 0.15) is 17.5 Å². The average molecular weight is 157 g/mol. The van der Waals surface area contributed by atoms with Crippen LogP contribution in [0.3, 0.4) is 0 Å². The lowest BCUT2D eigenvalue weighted by molar-refractivity contribution is 0.564. The Kier molecular flexibility index (Phi) is 1.83. The van der Waals surface area contributed by atoms with Crippen molar-refractivity contribution in [2.45, 2.75) is 19.3 Å². The summed E-state index contributed by atoms with van der Waals surface area (Å²) in [6.07, 6.45) is 3.06. The molecule has 0 radical (unpaired) electrons. The van der Waals surface area contributed by atoms with Gasteiger partial charge in [0.15, 0.2) is 0 Å². The summed E-state index contributed by atoms with van der Waals surface area (Å²) in [7, 11) is 0. The molecule has 1 aromatic carbocycles. The predicted octanol–water partition coefficient (Wildman–Crippen LogP) is 2.32. The number of aryl methyl sites for hydroxylation is 1. The zero-order chi connectivity index (χ0) is 8.39. The number of fused-ring (bicyclic) bond motifs is 1. The first-order chi connectivity index (χ1) is 5.90. The van der Waals surface area contributed by atoms with Crippen molar-refractivity contribution in [3.63, 3.8) is 0 Å².